The van der Waals surface area contributed by atoms with E-state index in [1.54, 1.807) is 11.3 Å². The van der Waals surface area contributed by atoms with E-state index >= 15 is 0 Å². The highest BCUT2D eigenvalue weighted by Crippen LogP contribution is 2.32. The van der Waals surface area contributed by atoms with Gasteiger partial charge in [0, 0.05) is 46.4 Å². The van der Waals surface area contributed by atoms with E-state index in [0.29, 0.717) is 35.7 Å². The molecule has 0 amide bonds. The molecule has 0 fully saturated rings. The number of carbonyl (C=O) groups is 1. The summed E-state index contributed by atoms with van der Waals surface area (Å²) in [7, 11) is 0. The molecule has 0 saturated heterocycles. The van der Waals surface area contributed by atoms with Crippen molar-refractivity contribution in [2.75, 3.05) is 5.32 Å². The molecule has 0 aliphatic rings. The van der Waals surface area contributed by atoms with Gasteiger partial charge in [0.2, 0.25) is 5.78 Å². The second-order valence-electron chi connectivity index (χ2n) is 8.62. The Morgan fingerprint density at radius 1 is 1.08 bits per heavy atom. The summed E-state index contributed by atoms with van der Waals surface area (Å²) in [6.45, 7) is 6.24. The number of anilines is 1. The minimum absolute atomic E-state index is 0.120. The quantitative estimate of drug-likeness (QED) is 0.227. The fourth-order valence-corrected chi connectivity index (χ4v) is 5.11. The molecule has 0 unspecified atom stereocenters. The van der Waals surface area contributed by atoms with Crippen molar-refractivity contribution in [3.63, 3.8) is 0 Å². The Balaban J connectivity index is 1.51. The number of fused-ring (bicyclic) bond motifs is 1. The van der Waals surface area contributed by atoms with Crippen molar-refractivity contribution in [1.29, 1.82) is 0 Å². The van der Waals surface area contributed by atoms with Gasteiger partial charge in [0.15, 0.2) is 5.82 Å². The predicted molar refractivity (Wildman–Crippen MR) is 143 cm³/mol. The van der Waals surface area contributed by atoms with Crippen LogP contribution >= 0.6 is 22.9 Å². The molecule has 0 atom stereocenters. The van der Waals surface area contributed by atoms with Crippen LogP contribution in [0.5, 0.6) is 0 Å². The Morgan fingerprint density at radius 2 is 1.94 bits per heavy atom. The average molecular weight is 518 g/mol. The zero-order valence-corrected chi connectivity index (χ0v) is 21.7. The van der Waals surface area contributed by atoms with Crippen LogP contribution in [0, 0.1) is 20.8 Å². The van der Waals surface area contributed by atoms with E-state index in [2.05, 4.69) is 25.4 Å². The first-order valence-corrected chi connectivity index (χ1v) is 12.8. The van der Waals surface area contributed by atoms with Gasteiger partial charge >= 0.3 is 0 Å². The number of rotatable bonds is 8. The van der Waals surface area contributed by atoms with E-state index in [9.17, 15) is 4.79 Å². The zero-order chi connectivity index (χ0) is 25.2. The first-order chi connectivity index (χ1) is 17.4. The van der Waals surface area contributed by atoms with E-state index in [1.165, 1.54) is 0 Å². The summed E-state index contributed by atoms with van der Waals surface area (Å²) in [5, 5.41) is 11.9. The molecule has 0 radical (unpaired) electrons. The highest BCUT2D eigenvalue weighted by atomic mass is 35.5. The Labute approximate surface area is 217 Å². The number of nitrogens with zero attached hydrogens (tertiary/aromatic N) is 4. The van der Waals surface area contributed by atoms with Crippen LogP contribution in [0.1, 0.15) is 44.8 Å². The fraction of sp³-hybridized carbons (Fsp3) is 0.222. The molecule has 9 heteroatoms. The van der Waals surface area contributed by atoms with Crippen LogP contribution in [0.4, 0.5) is 5.82 Å². The highest BCUT2D eigenvalue weighted by Gasteiger charge is 2.18. The summed E-state index contributed by atoms with van der Waals surface area (Å²) in [6.07, 6.45) is 0.859. The number of nitrogens with one attached hydrogen (secondary N) is 1. The summed E-state index contributed by atoms with van der Waals surface area (Å²) in [5.41, 5.74) is 5.35. The zero-order valence-electron chi connectivity index (χ0n) is 20.1. The van der Waals surface area contributed by atoms with Crippen LogP contribution < -0.4 is 5.32 Å². The molecular formula is C27H24ClN5O2S. The van der Waals surface area contributed by atoms with Gasteiger partial charge in [0.05, 0.1) is 16.2 Å². The lowest BCUT2D eigenvalue weighted by Gasteiger charge is -2.12. The summed E-state index contributed by atoms with van der Waals surface area (Å²) in [6, 6.07) is 13.5. The molecule has 36 heavy (non-hydrogen) atoms. The third-order valence-electron chi connectivity index (χ3n) is 5.85. The summed E-state index contributed by atoms with van der Waals surface area (Å²) in [4.78, 5) is 26.8. The Hall–Kier alpha value is -3.62. The van der Waals surface area contributed by atoms with Crippen LogP contribution in [0.2, 0.25) is 5.02 Å². The third-order valence-corrected chi connectivity index (χ3v) is 7.11. The number of ketones is 1. The van der Waals surface area contributed by atoms with Gasteiger partial charge in [-0.25, -0.2) is 15.0 Å². The average Bonchev–Trinajstić information content (AvgIpc) is 3.44. The van der Waals surface area contributed by atoms with Gasteiger partial charge in [-0.05, 0) is 56.2 Å². The van der Waals surface area contributed by atoms with Crippen molar-refractivity contribution >= 4 is 45.4 Å². The first-order valence-electron chi connectivity index (χ1n) is 11.5. The summed E-state index contributed by atoms with van der Waals surface area (Å²) >= 11 is 7.73. The van der Waals surface area contributed by atoms with Crippen LogP contribution in [0.3, 0.4) is 0 Å². The van der Waals surface area contributed by atoms with Crippen molar-refractivity contribution in [2.45, 2.75) is 40.2 Å². The third kappa shape index (κ3) is 5.15. The van der Waals surface area contributed by atoms with Crippen molar-refractivity contribution < 1.29 is 9.32 Å². The number of thiazole rings is 1. The largest absolute Gasteiger partial charge is 0.365 e. The predicted octanol–water partition coefficient (Wildman–Crippen LogP) is 6.75. The van der Waals surface area contributed by atoms with Gasteiger partial charge in [-0.2, -0.15) is 0 Å². The Bertz CT molecular complexity index is 1560. The number of benzene rings is 2. The molecule has 3 heterocycles. The van der Waals surface area contributed by atoms with Gasteiger partial charge in [0.1, 0.15) is 11.6 Å². The maximum Gasteiger partial charge on any atom is 0.200 e. The van der Waals surface area contributed by atoms with Crippen LogP contribution in [-0.2, 0) is 13.0 Å². The smallest absolute Gasteiger partial charge is 0.200 e. The van der Waals surface area contributed by atoms with Crippen molar-refractivity contribution in [1.82, 2.24) is 20.1 Å². The van der Waals surface area contributed by atoms with Crippen LogP contribution in [0.15, 0.2) is 52.4 Å². The van der Waals surface area contributed by atoms with Gasteiger partial charge in [-0.1, -0.05) is 35.0 Å². The molecule has 5 rings (SSSR count). The van der Waals surface area contributed by atoms with Crippen LogP contribution in [0.25, 0.3) is 22.0 Å². The van der Waals surface area contributed by atoms with Gasteiger partial charge in [-0.3, -0.25) is 4.79 Å². The number of aromatic nitrogens is 4. The molecule has 5 aromatic rings. The summed E-state index contributed by atoms with van der Waals surface area (Å²) in [5.74, 6) is 1.40. The maximum absolute atomic E-state index is 13.1. The Morgan fingerprint density at radius 3 is 2.67 bits per heavy atom. The molecule has 7 nitrogen and oxygen atoms in total. The maximum atomic E-state index is 13.1. The second-order valence-corrected chi connectivity index (χ2v) is 10.00. The Kier molecular flexibility index (Phi) is 6.80. The minimum atomic E-state index is -0.120. The van der Waals surface area contributed by atoms with E-state index < -0.39 is 0 Å². The molecule has 182 valence electrons. The molecule has 1 N–H and O–H groups in total. The minimum Gasteiger partial charge on any atom is -0.365 e. The molecule has 0 saturated carbocycles. The van der Waals surface area contributed by atoms with Gasteiger partial charge in [-0.15, -0.1) is 11.3 Å². The molecular weight excluding hydrogens is 494 g/mol. The number of hydrogen-bond donors (Lipinski definition) is 1. The molecule has 3 aromatic heterocycles. The number of aryl methyl sites for hydroxylation is 4. The number of hydrogen-bond acceptors (Lipinski definition) is 8. The monoisotopic (exact) mass is 517 g/mol. The number of Topliss-reactive ketones (excluding diaryl/α,β-unsaturated/α-hetero) is 1. The lowest BCUT2D eigenvalue weighted by atomic mass is 10.0. The van der Waals surface area contributed by atoms with E-state index in [-0.39, 0.29) is 11.6 Å². The van der Waals surface area contributed by atoms with Crippen molar-refractivity contribution in [3.05, 3.63) is 86.4 Å². The summed E-state index contributed by atoms with van der Waals surface area (Å²) < 4.78 is 5.37. The van der Waals surface area contributed by atoms with Gasteiger partial charge < -0.3 is 9.84 Å². The number of carbonyl (C=O) groups excluding carboxylic acids is 1. The SMILES string of the molecule is Cc1csc(CCC(=O)c2nc(NCc3cccc(Cl)c3)c3cc(-c4c(C)noc4C)ccc3n2)n1. The lowest BCUT2D eigenvalue weighted by molar-refractivity contribution is 0.0973. The molecule has 0 aliphatic heterocycles. The van der Waals surface area contributed by atoms with E-state index in [0.717, 1.165) is 44.2 Å². The van der Waals surface area contributed by atoms with Crippen molar-refractivity contribution in [3.8, 4) is 11.1 Å². The number of halogens is 1. The lowest BCUT2D eigenvalue weighted by Crippen LogP contribution is -2.11. The standard InChI is InChI=1S/C27H24ClN5O2S/c1-15-14-36-24(30-15)10-9-23(34)27-31-22-8-7-19(25-16(2)33-35-17(25)3)12-21(22)26(32-27)29-13-18-5-4-6-20(28)11-18/h4-8,11-12,14H,9-10,13H2,1-3H3,(H,29,31,32). The van der Waals surface area contributed by atoms with E-state index in [1.807, 2.05) is 68.6 Å². The second kappa shape index (κ2) is 10.2. The van der Waals surface area contributed by atoms with Crippen molar-refractivity contribution in [2.24, 2.45) is 0 Å². The fourth-order valence-electron chi connectivity index (χ4n) is 4.12. The van der Waals surface area contributed by atoms with Gasteiger partial charge in [0.25, 0.3) is 0 Å². The molecule has 0 bridgehead atoms. The molecule has 2 aromatic carbocycles. The van der Waals surface area contributed by atoms with E-state index in [4.69, 9.17) is 16.1 Å². The molecule has 0 spiro atoms. The molecule has 0 aliphatic carbocycles. The highest BCUT2D eigenvalue weighted by molar-refractivity contribution is 7.09. The first kappa shape index (κ1) is 24.1. The topological polar surface area (TPSA) is 93.8 Å². The van der Waals surface area contributed by atoms with Crippen LogP contribution in [-0.4, -0.2) is 25.9 Å². The normalized spacial score (nSPS) is 11.2.